The molecule has 2 fully saturated rings. The summed E-state index contributed by atoms with van der Waals surface area (Å²) in [5.41, 5.74) is 1.67. The summed E-state index contributed by atoms with van der Waals surface area (Å²) in [6, 6.07) is 7.43. The monoisotopic (exact) mass is 386 g/mol. The summed E-state index contributed by atoms with van der Waals surface area (Å²) in [6.07, 6.45) is 4.20. The molecule has 1 N–H and O–H groups in total. The van der Waals surface area contributed by atoms with Crippen molar-refractivity contribution >= 4 is 23.5 Å². The fraction of sp³-hybridized carbons (Fsp3) is 0.571. The van der Waals surface area contributed by atoms with Crippen molar-refractivity contribution in [3.63, 3.8) is 0 Å². The number of piperidine rings is 1. The first-order valence-electron chi connectivity index (χ1n) is 10.1. The average molecular weight is 386 g/mol. The zero-order valence-electron chi connectivity index (χ0n) is 16.8. The molecular weight excluding hydrogens is 356 g/mol. The first-order chi connectivity index (χ1) is 13.4. The Morgan fingerprint density at radius 3 is 2.29 bits per heavy atom. The Kier molecular flexibility index (Phi) is 6.54. The second-order valence-electron chi connectivity index (χ2n) is 7.91. The third-order valence-corrected chi connectivity index (χ3v) is 5.48. The molecule has 1 aromatic carbocycles. The van der Waals surface area contributed by atoms with E-state index in [2.05, 4.69) is 5.32 Å². The molecule has 2 aliphatic rings. The zero-order chi connectivity index (χ0) is 20.1. The molecule has 0 saturated carbocycles. The van der Waals surface area contributed by atoms with Crippen LogP contribution in [0.25, 0.3) is 0 Å². The van der Waals surface area contributed by atoms with Gasteiger partial charge in [0.15, 0.2) is 0 Å². The first kappa shape index (κ1) is 20.2. The second kappa shape index (κ2) is 9.08. The van der Waals surface area contributed by atoms with E-state index in [1.807, 2.05) is 29.2 Å². The molecule has 0 bridgehead atoms. The van der Waals surface area contributed by atoms with Gasteiger partial charge in [0.1, 0.15) is 0 Å². The van der Waals surface area contributed by atoms with Gasteiger partial charge < -0.3 is 20.0 Å². The smallest absolute Gasteiger partial charge is 0.319 e. The maximum absolute atomic E-state index is 12.6. The Balaban J connectivity index is 1.52. The molecule has 0 spiro atoms. The number of urea groups is 1. The highest BCUT2D eigenvalue weighted by Crippen LogP contribution is 2.20. The maximum Gasteiger partial charge on any atom is 0.319 e. The minimum Gasteiger partial charge on any atom is -0.342 e. The number of amides is 4. The van der Waals surface area contributed by atoms with Gasteiger partial charge in [-0.05, 0) is 43.4 Å². The topological polar surface area (TPSA) is 73.0 Å². The van der Waals surface area contributed by atoms with Crippen LogP contribution < -0.4 is 5.32 Å². The van der Waals surface area contributed by atoms with E-state index in [9.17, 15) is 14.4 Å². The predicted octanol–water partition coefficient (Wildman–Crippen LogP) is 2.18. The van der Waals surface area contributed by atoms with Crippen molar-refractivity contribution in [1.29, 1.82) is 0 Å². The molecule has 1 atom stereocenters. The number of rotatable bonds is 4. The number of nitrogens with one attached hydrogen (secondary N) is 1. The Morgan fingerprint density at radius 2 is 1.64 bits per heavy atom. The van der Waals surface area contributed by atoms with Gasteiger partial charge in [-0.25, -0.2) is 4.79 Å². The van der Waals surface area contributed by atoms with Crippen LogP contribution in [0.3, 0.4) is 0 Å². The van der Waals surface area contributed by atoms with Crippen molar-refractivity contribution in [3.8, 4) is 0 Å². The lowest BCUT2D eigenvalue weighted by atomic mass is 9.97. The molecule has 28 heavy (non-hydrogen) atoms. The van der Waals surface area contributed by atoms with E-state index in [4.69, 9.17) is 0 Å². The third kappa shape index (κ3) is 5.03. The Bertz CT molecular complexity index is 711. The minimum atomic E-state index is -0.200. The van der Waals surface area contributed by atoms with Crippen molar-refractivity contribution in [2.75, 3.05) is 45.6 Å². The molecule has 7 heteroatoms. The van der Waals surface area contributed by atoms with Crippen molar-refractivity contribution in [1.82, 2.24) is 14.7 Å². The van der Waals surface area contributed by atoms with Crippen LogP contribution in [-0.4, -0.2) is 72.8 Å². The maximum atomic E-state index is 12.6. The van der Waals surface area contributed by atoms with Crippen LogP contribution in [-0.2, 0) is 16.0 Å². The molecule has 152 valence electrons. The summed E-state index contributed by atoms with van der Waals surface area (Å²) in [5, 5.41) is 2.95. The van der Waals surface area contributed by atoms with E-state index in [-0.39, 0.29) is 23.8 Å². The number of carbonyl (C=O) groups excluding carboxylic acids is 3. The molecule has 0 unspecified atom stereocenters. The zero-order valence-corrected chi connectivity index (χ0v) is 16.8. The number of benzene rings is 1. The second-order valence-corrected chi connectivity index (χ2v) is 7.91. The Morgan fingerprint density at radius 1 is 1.00 bits per heavy atom. The van der Waals surface area contributed by atoms with Gasteiger partial charge in [0.05, 0.1) is 12.3 Å². The summed E-state index contributed by atoms with van der Waals surface area (Å²) < 4.78 is 0. The lowest BCUT2D eigenvalue weighted by Crippen LogP contribution is -2.47. The number of nitrogens with zero attached hydrogens (tertiary/aromatic N) is 3. The molecule has 1 aromatic rings. The number of likely N-dealkylation sites (tertiary alicyclic amines) is 2. The molecule has 0 aliphatic carbocycles. The van der Waals surface area contributed by atoms with E-state index in [1.165, 1.54) is 0 Å². The van der Waals surface area contributed by atoms with E-state index in [1.54, 1.807) is 23.9 Å². The lowest BCUT2D eigenvalue weighted by Gasteiger charge is -2.33. The summed E-state index contributed by atoms with van der Waals surface area (Å²) in [6.45, 7) is 2.87. The minimum absolute atomic E-state index is 0.0514. The van der Waals surface area contributed by atoms with Crippen molar-refractivity contribution < 1.29 is 14.4 Å². The predicted molar refractivity (Wildman–Crippen MR) is 108 cm³/mol. The van der Waals surface area contributed by atoms with Gasteiger partial charge in [0.2, 0.25) is 11.8 Å². The van der Waals surface area contributed by atoms with Gasteiger partial charge in [-0.1, -0.05) is 12.1 Å². The van der Waals surface area contributed by atoms with Crippen LogP contribution in [0.4, 0.5) is 10.5 Å². The van der Waals surface area contributed by atoms with Crippen LogP contribution in [0, 0.1) is 5.92 Å². The fourth-order valence-corrected chi connectivity index (χ4v) is 3.85. The standard InChI is InChI=1S/C21H30N4O3/c1-23(2)21(28)25-13-5-6-17(15-25)20(27)22-18-9-7-16(8-10-18)14-19(26)24-11-3-4-12-24/h7-10,17H,3-6,11-15H2,1-2H3,(H,22,27)/t17-/m0/s1. The van der Waals surface area contributed by atoms with Crippen LogP contribution in [0.5, 0.6) is 0 Å². The van der Waals surface area contributed by atoms with Gasteiger partial charge in [0.25, 0.3) is 0 Å². The van der Waals surface area contributed by atoms with E-state index < -0.39 is 0 Å². The van der Waals surface area contributed by atoms with Crippen LogP contribution >= 0.6 is 0 Å². The van der Waals surface area contributed by atoms with Crippen molar-refractivity contribution in [2.24, 2.45) is 5.92 Å². The fourth-order valence-electron chi connectivity index (χ4n) is 3.85. The summed E-state index contributed by atoms with van der Waals surface area (Å²) in [7, 11) is 3.45. The normalized spacial score (nSPS) is 19.4. The third-order valence-electron chi connectivity index (χ3n) is 5.48. The molecule has 2 heterocycles. The van der Waals surface area contributed by atoms with Gasteiger partial charge in [-0.15, -0.1) is 0 Å². The van der Waals surface area contributed by atoms with E-state index in [0.717, 1.165) is 50.0 Å². The number of hydrogen-bond donors (Lipinski definition) is 1. The molecule has 0 radical (unpaired) electrons. The summed E-state index contributed by atoms with van der Waals surface area (Å²) in [5.74, 6) is -0.0895. The first-order valence-corrected chi connectivity index (χ1v) is 10.1. The Labute approximate surface area is 166 Å². The molecule has 2 aliphatic heterocycles. The molecule has 0 aromatic heterocycles. The highest BCUT2D eigenvalue weighted by molar-refractivity contribution is 5.93. The highest BCUT2D eigenvalue weighted by Gasteiger charge is 2.29. The van der Waals surface area contributed by atoms with Gasteiger partial charge >= 0.3 is 6.03 Å². The van der Waals surface area contributed by atoms with Crippen LogP contribution in [0.2, 0.25) is 0 Å². The number of hydrogen-bond acceptors (Lipinski definition) is 3. The van der Waals surface area contributed by atoms with E-state index >= 15 is 0 Å². The van der Waals surface area contributed by atoms with Gasteiger partial charge in [-0.3, -0.25) is 9.59 Å². The molecular formula is C21H30N4O3. The molecule has 2 saturated heterocycles. The van der Waals surface area contributed by atoms with Crippen LogP contribution in [0.1, 0.15) is 31.2 Å². The lowest BCUT2D eigenvalue weighted by molar-refractivity contribution is -0.129. The SMILES string of the molecule is CN(C)C(=O)N1CCC[C@H](C(=O)Nc2ccc(CC(=O)N3CCCC3)cc2)C1. The van der Waals surface area contributed by atoms with Gasteiger partial charge in [-0.2, -0.15) is 0 Å². The largest absolute Gasteiger partial charge is 0.342 e. The highest BCUT2D eigenvalue weighted by atomic mass is 16.2. The summed E-state index contributed by atoms with van der Waals surface area (Å²) in [4.78, 5) is 42.2. The molecule has 4 amide bonds. The van der Waals surface area contributed by atoms with Crippen LogP contribution in [0.15, 0.2) is 24.3 Å². The summed E-state index contributed by atoms with van der Waals surface area (Å²) >= 11 is 0. The number of carbonyl (C=O) groups is 3. The molecule has 3 rings (SSSR count). The average Bonchev–Trinajstić information content (AvgIpc) is 3.24. The molecule has 7 nitrogen and oxygen atoms in total. The Hall–Kier alpha value is -2.57. The quantitative estimate of drug-likeness (QED) is 0.862. The van der Waals surface area contributed by atoms with Crippen molar-refractivity contribution in [2.45, 2.75) is 32.1 Å². The van der Waals surface area contributed by atoms with Gasteiger partial charge in [0, 0.05) is 46.0 Å². The van der Waals surface area contributed by atoms with Crippen molar-refractivity contribution in [3.05, 3.63) is 29.8 Å². The number of anilines is 1. The van der Waals surface area contributed by atoms with E-state index in [0.29, 0.717) is 19.5 Å².